The summed E-state index contributed by atoms with van der Waals surface area (Å²) in [6.07, 6.45) is 4.51. The second-order valence-electron chi connectivity index (χ2n) is 14.0. The molecule has 0 heterocycles. The summed E-state index contributed by atoms with van der Waals surface area (Å²) in [6.45, 7) is 10.2. The average Bonchev–Trinajstić information content (AvgIpc) is 3.23. The van der Waals surface area contributed by atoms with Gasteiger partial charge < -0.3 is 14.2 Å². The molecule has 2 bridgehead atoms. The minimum absolute atomic E-state index is 0.0393. The number of esters is 3. The summed E-state index contributed by atoms with van der Waals surface area (Å²) in [6, 6.07) is 10.6. The summed E-state index contributed by atoms with van der Waals surface area (Å²) < 4.78 is 45.4. The van der Waals surface area contributed by atoms with Gasteiger partial charge in [0.2, 0.25) is 0 Å². The minimum atomic E-state index is -0.789. The van der Waals surface area contributed by atoms with Crippen LogP contribution in [0.25, 0.3) is 0 Å². The third-order valence-electron chi connectivity index (χ3n) is 11.7. The largest absolute Gasteiger partial charge is 0.465 e. The number of hydrogen-bond donors (Lipinski definition) is 0. The lowest BCUT2D eigenvalue weighted by atomic mass is 9.40. The molecule has 4 aliphatic rings. The Morgan fingerprint density at radius 3 is 1.98 bits per heavy atom. The Kier molecular flexibility index (Phi) is 7.70. The van der Waals surface area contributed by atoms with Gasteiger partial charge in [0.05, 0.1) is 11.1 Å². The Bertz CT molecular complexity index is 1470. The highest BCUT2D eigenvalue weighted by molar-refractivity contribution is 5.90. The number of benzene rings is 2. The van der Waals surface area contributed by atoms with Gasteiger partial charge in [-0.15, -0.1) is 0 Å². The van der Waals surface area contributed by atoms with E-state index in [1.807, 2.05) is 6.92 Å². The Hall–Kier alpha value is -3.55. The van der Waals surface area contributed by atoms with E-state index in [2.05, 4.69) is 13.5 Å². The molecular weight excluding hydrogens is 566 g/mol. The zero-order chi connectivity index (χ0) is 31.4. The highest BCUT2D eigenvalue weighted by Crippen LogP contribution is 2.73. The molecule has 8 atom stereocenters. The molecule has 2 aromatic carbocycles. The fourth-order valence-corrected chi connectivity index (χ4v) is 9.63. The van der Waals surface area contributed by atoms with E-state index in [0.29, 0.717) is 18.8 Å². The van der Waals surface area contributed by atoms with E-state index in [0.717, 1.165) is 32.1 Å². The van der Waals surface area contributed by atoms with Gasteiger partial charge in [0.15, 0.2) is 0 Å². The minimum Gasteiger partial charge on any atom is -0.465 e. The second-order valence-corrected chi connectivity index (χ2v) is 14.0. The van der Waals surface area contributed by atoms with Crippen molar-refractivity contribution in [1.82, 2.24) is 0 Å². The molecule has 1 unspecified atom stereocenters. The zero-order valence-electron chi connectivity index (χ0n) is 25.6. The summed E-state index contributed by atoms with van der Waals surface area (Å²) in [5, 5.41) is 0. The van der Waals surface area contributed by atoms with Crippen LogP contribution in [0.3, 0.4) is 0 Å². The van der Waals surface area contributed by atoms with Crippen molar-refractivity contribution in [2.75, 3.05) is 6.61 Å². The number of halogens is 2. The summed E-state index contributed by atoms with van der Waals surface area (Å²) in [5.74, 6) is -1.89. The first-order valence-electron chi connectivity index (χ1n) is 15.6. The van der Waals surface area contributed by atoms with Gasteiger partial charge >= 0.3 is 17.9 Å². The van der Waals surface area contributed by atoms with Crippen LogP contribution < -0.4 is 0 Å². The van der Waals surface area contributed by atoms with E-state index in [1.54, 1.807) is 0 Å². The predicted octanol–water partition coefficient (Wildman–Crippen LogP) is 7.47. The molecule has 8 heteroatoms. The number of carbonyl (C=O) groups is 3. The molecule has 0 radical (unpaired) electrons. The molecule has 44 heavy (non-hydrogen) atoms. The van der Waals surface area contributed by atoms with E-state index in [9.17, 15) is 23.2 Å². The highest BCUT2D eigenvalue weighted by atomic mass is 19.1. The normalized spacial score (nSPS) is 35.7. The number of allylic oxidation sites excluding steroid dienone is 1. The van der Waals surface area contributed by atoms with E-state index >= 15 is 0 Å². The van der Waals surface area contributed by atoms with Crippen LogP contribution in [-0.4, -0.2) is 36.7 Å². The fraction of sp³-hybridized carbons (Fsp3) is 0.528. The first kappa shape index (κ1) is 30.5. The van der Waals surface area contributed by atoms with Gasteiger partial charge in [0.25, 0.3) is 0 Å². The maximum Gasteiger partial charge on any atom is 0.338 e. The van der Waals surface area contributed by atoms with E-state index in [1.165, 1.54) is 61.0 Å². The first-order chi connectivity index (χ1) is 20.9. The van der Waals surface area contributed by atoms with Gasteiger partial charge in [-0.2, -0.15) is 0 Å². The molecule has 0 N–H and O–H groups in total. The topological polar surface area (TPSA) is 78.9 Å². The number of carbonyl (C=O) groups excluding carboxylic acids is 3. The Balaban J connectivity index is 1.37. The van der Waals surface area contributed by atoms with Crippen molar-refractivity contribution < 1.29 is 37.4 Å². The summed E-state index contributed by atoms with van der Waals surface area (Å²) in [4.78, 5) is 39.0. The van der Waals surface area contributed by atoms with Gasteiger partial charge in [-0.25, -0.2) is 18.4 Å². The molecule has 6 rings (SSSR count). The molecule has 0 saturated heterocycles. The van der Waals surface area contributed by atoms with Crippen LogP contribution in [0.2, 0.25) is 0 Å². The van der Waals surface area contributed by atoms with Gasteiger partial charge in [-0.3, -0.25) is 4.79 Å². The third-order valence-corrected chi connectivity index (χ3v) is 11.7. The monoisotopic (exact) mass is 606 g/mol. The number of rotatable bonds is 6. The quantitative estimate of drug-likeness (QED) is 0.193. The molecule has 0 aromatic heterocycles. The van der Waals surface area contributed by atoms with E-state index < -0.39 is 47.2 Å². The average molecular weight is 607 g/mol. The van der Waals surface area contributed by atoms with Crippen molar-refractivity contribution in [2.45, 2.75) is 77.9 Å². The van der Waals surface area contributed by atoms with Crippen LogP contribution in [0.5, 0.6) is 0 Å². The van der Waals surface area contributed by atoms with E-state index in [-0.39, 0.29) is 40.4 Å². The highest BCUT2D eigenvalue weighted by Gasteiger charge is 2.70. The van der Waals surface area contributed by atoms with Gasteiger partial charge in [0.1, 0.15) is 30.4 Å². The first-order valence-corrected chi connectivity index (χ1v) is 15.6. The van der Waals surface area contributed by atoms with Crippen LogP contribution in [0.4, 0.5) is 8.78 Å². The van der Waals surface area contributed by atoms with Crippen molar-refractivity contribution in [1.29, 1.82) is 0 Å². The predicted molar refractivity (Wildman–Crippen MR) is 158 cm³/mol. The number of fused-ring (bicyclic) bond motifs is 3. The second kappa shape index (κ2) is 11.1. The van der Waals surface area contributed by atoms with Crippen molar-refractivity contribution in [3.05, 3.63) is 83.4 Å². The van der Waals surface area contributed by atoms with Gasteiger partial charge in [0, 0.05) is 17.8 Å². The molecule has 1 spiro atoms. The SMILES string of the molecule is C=C1C[C@]23C[C@@H]1CC[C@H]2[C@]1(C)CC[C@@H](OC(=O)c2ccc(F)cc2)[C@](C)(COC(C)=O)C1C[C@@H]3OC(=O)c1ccc(F)cc1. The molecule has 4 saturated carbocycles. The zero-order valence-corrected chi connectivity index (χ0v) is 25.6. The lowest BCUT2D eigenvalue weighted by Gasteiger charge is -2.66. The van der Waals surface area contributed by atoms with Crippen molar-refractivity contribution in [3.8, 4) is 0 Å². The Morgan fingerprint density at radius 2 is 1.41 bits per heavy atom. The number of ether oxygens (including phenoxy) is 3. The molecule has 0 amide bonds. The van der Waals surface area contributed by atoms with Crippen LogP contribution in [0.15, 0.2) is 60.7 Å². The van der Waals surface area contributed by atoms with Crippen molar-refractivity contribution >= 4 is 17.9 Å². The maximum absolute atomic E-state index is 13.6. The Morgan fingerprint density at radius 1 is 0.841 bits per heavy atom. The van der Waals surface area contributed by atoms with Gasteiger partial charge in [-0.1, -0.05) is 26.0 Å². The summed E-state index contributed by atoms with van der Waals surface area (Å²) in [5.41, 5.74) is 0.466. The summed E-state index contributed by atoms with van der Waals surface area (Å²) >= 11 is 0. The van der Waals surface area contributed by atoms with Crippen LogP contribution in [0, 0.1) is 45.6 Å². The standard InChI is InChI=1S/C36H40F2O6/c1-21-18-36-19-25(21)9-14-28(36)34(3)16-15-30(43-32(40)23-5-10-26(37)11-6-23)35(4,20-42-22(2)39)29(34)17-31(36)44-33(41)24-7-12-27(38)13-8-24/h5-8,10-13,25,28-31H,1,9,14-20H2,2-4H3/t25-,28-,29?,30+,31-,34-,35+,36-/m0/s1. The molecule has 0 aliphatic heterocycles. The smallest absolute Gasteiger partial charge is 0.338 e. The molecular formula is C36H40F2O6. The molecule has 234 valence electrons. The van der Waals surface area contributed by atoms with Crippen molar-refractivity contribution in [2.24, 2.45) is 34.0 Å². The maximum atomic E-state index is 13.6. The Labute approximate surface area is 257 Å². The van der Waals surface area contributed by atoms with E-state index in [4.69, 9.17) is 14.2 Å². The molecule has 6 nitrogen and oxygen atoms in total. The fourth-order valence-electron chi connectivity index (χ4n) is 9.63. The van der Waals surface area contributed by atoms with Crippen LogP contribution >= 0.6 is 0 Å². The van der Waals surface area contributed by atoms with Crippen LogP contribution in [0.1, 0.15) is 86.4 Å². The molecule has 2 aromatic rings. The van der Waals surface area contributed by atoms with Crippen molar-refractivity contribution in [3.63, 3.8) is 0 Å². The molecule has 4 aliphatic carbocycles. The third kappa shape index (κ3) is 5.04. The molecule has 4 fully saturated rings. The van der Waals surface area contributed by atoms with Gasteiger partial charge in [-0.05, 0) is 117 Å². The number of hydrogen-bond acceptors (Lipinski definition) is 6. The summed E-state index contributed by atoms with van der Waals surface area (Å²) in [7, 11) is 0. The lowest BCUT2D eigenvalue weighted by Crippen LogP contribution is -2.66. The lowest BCUT2D eigenvalue weighted by molar-refractivity contribution is -0.232. The van der Waals surface area contributed by atoms with Crippen LogP contribution in [-0.2, 0) is 19.0 Å².